The van der Waals surface area contributed by atoms with Gasteiger partial charge in [-0.2, -0.15) is 0 Å². The molecule has 23 heavy (non-hydrogen) atoms. The molecule has 1 aromatic carbocycles. The summed E-state index contributed by atoms with van der Waals surface area (Å²) in [4.78, 5) is 12.9. The van der Waals surface area contributed by atoms with Crippen molar-refractivity contribution in [3.8, 4) is 0 Å². The Balaban J connectivity index is 2.37. The summed E-state index contributed by atoms with van der Waals surface area (Å²) in [5, 5.41) is 0.643. The van der Waals surface area contributed by atoms with Gasteiger partial charge >= 0.3 is 5.97 Å². The Bertz CT molecular complexity index is 576. The Hall–Kier alpha value is -0.580. The first kappa shape index (κ1) is 18.8. The summed E-state index contributed by atoms with van der Waals surface area (Å²) in [6.07, 6.45) is 2.27. The lowest BCUT2D eigenvalue weighted by molar-refractivity contribution is -0.189. The molecule has 128 valence electrons. The van der Waals surface area contributed by atoms with Crippen molar-refractivity contribution in [1.29, 1.82) is 0 Å². The predicted octanol–water partition coefficient (Wildman–Crippen LogP) is 5.69. The van der Waals surface area contributed by atoms with E-state index in [4.69, 9.17) is 21.1 Å². The summed E-state index contributed by atoms with van der Waals surface area (Å²) in [5.74, 6) is -0.166. The van der Waals surface area contributed by atoms with Gasteiger partial charge in [0, 0.05) is 11.1 Å². The van der Waals surface area contributed by atoms with Crippen molar-refractivity contribution >= 4 is 33.5 Å². The van der Waals surface area contributed by atoms with E-state index < -0.39 is 11.0 Å². The van der Waals surface area contributed by atoms with E-state index in [1.165, 1.54) is 0 Å². The van der Waals surface area contributed by atoms with E-state index in [1.807, 2.05) is 45.9 Å². The first-order valence-corrected chi connectivity index (χ1v) is 9.17. The lowest BCUT2D eigenvalue weighted by Crippen LogP contribution is -2.47. The molecular weight excluding hydrogens is 380 g/mol. The fourth-order valence-corrected chi connectivity index (χ4v) is 3.44. The van der Waals surface area contributed by atoms with Gasteiger partial charge in [0.05, 0.1) is 16.5 Å². The van der Waals surface area contributed by atoms with E-state index in [-0.39, 0.29) is 12.1 Å². The molecule has 1 aliphatic rings. The average Bonchev–Trinajstić information content (AvgIpc) is 2.38. The molecule has 0 N–H and O–H groups in total. The first-order chi connectivity index (χ1) is 10.7. The van der Waals surface area contributed by atoms with Crippen molar-refractivity contribution in [2.24, 2.45) is 5.41 Å². The summed E-state index contributed by atoms with van der Waals surface area (Å²) in [7, 11) is 0. The van der Waals surface area contributed by atoms with Crippen molar-refractivity contribution in [3.63, 3.8) is 0 Å². The molecule has 1 saturated carbocycles. The third-order valence-corrected chi connectivity index (χ3v) is 5.35. The maximum atomic E-state index is 12.9. The molecule has 0 aliphatic heterocycles. The highest BCUT2D eigenvalue weighted by molar-refractivity contribution is 9.10. The Morgan fingerprint density at radius 1 is 1.39 bits per heavy atom. The number of benzene rings is 1. The van der Waals surface area contributed by atoms with Gasteiger partial charge < -0.3 is 9.47 Å². The number of halogens is 2. The van der Waals surface area contributed by atoms with Crippen LogP contribution in [0.15, 0.2) is 22.7 Å². The largest absolute Gasteiger partial charge is 0.459 e. The number of rotatable bonds is 5. The second-order valence-electron chi connectivity index (χ2n) is 7.02. The van der Waals surface area contributed by atoms with Crippen LogP contribution in [-0.2, 0) is 14.3 Å². The van der Waals surface area contributed by atoms with Crippen molar-refractivity contribution in [3.05, 3.63) is 33.3 Å². The highest BCUT2D eigenvalue weighted by atomic mass is 79.9. The summed E-state index contributed by atoms with van der Waals surface area (Å²) < 4.78 is 12.5. The first-order valence-electron chi connectivity index (χ1n) is 7.99. The van der Waals surface area contributed by atoms with Crippen LogP contribution in [-0.4, -0.2) is 18.2 Å². The van der Waals surface area contributed by atoms with Gasteiger partial charge in [0.2, 0.25) is 0 Å². The van der Waals surface area contributed by atoms with E-state index in [0.717, 1.165) is 29.3 Å². The smallest absolute Gasteiger partial charge is 0.315 e. The van der Waals surface area contributed by atoms with Gasteiger partial charge in [-0.05, 0) is 74.2 Å². The zero-order chi connectivity index (χ0) is 17.3. The highest BCUT2D eigenvalue weighted by Crippen LogP contribution is 2.53. The molecule has 0 radical (unpaired) electrons. The summed E-state index contributed by atoms with van der Waals surface area (Å²) >= 11 is 9.55. The van der Waals surface area contributed by atoms with Gasteiger partial charge in [-0.15, -0.1) is 0 Å². The van der Waals surface area contributed by atoms with Gasteiger partial charge in [-0.3, -0.25) is 4.79 Å². The normalized spacial score (nSPS) is 18.2. The fraction of sp³-hybridized carbons (Fsp3) is 0.611. The van der Waals surface area contributed by atoms with Crippen molar-refractivity contribution in [2.45, 2.75) is 58.7 Å². The van der Waals surface area contributed by atoms with E-state index in [9.17, 15) is 4.79 Å². The van der Waals surface area contributed by atoms with Gasteiger partial charge in [-0.25, -0.2) is 0 Å². The predicted molar refractivity (Wildman–Crippen MR) is 95.6 cm³/mol. The summed E-state index contributed by atoms with van der Waals surface area (Å²) in [6.45, 7) is 8.17. The maximum Gasteiger partial charge on any atom is 0.315 e. The molecule has 1 unspecified atom stereocenters. The van der Waals surface area contributed by atoms with Gasteiger partial charge in [0.1, 0.15) is 5.60 Å². The molecule has 0 amide bonds. The quantitative estimate of drug-likeness (QED) is 0.592. The molecule has 0 heterocycles. The zero-order valence-corrected chi connectivity index (χ0v) is 16.5. The Kier molecular flexibility index (Phi) is 5.81. The number of hydrogen-bond acceptors (Lipinski definition) is 3. The number of esters is 1. The third kappa shape index (κ3) is 4.09. The molecule has 1 fully saturated rings. The van der Waals surface area contributed by atoms with Crippen molar-refractivity contribution in [2.75, 3.05) is 6.61 Å². The number of ether oxygens (including phenoxy) is 2. The minimum Gasteiger partial charge on any atom is -0.459 e. The molecule has 1 aliphatic carbocycles. The Morgan fingerprint density at radius 2 is 2.04 bits per heavy atom. The lowest BCUT2D eigenvalue weighted by atomic mass is 9.63. The lowest BCUT2D eigenvalue weighted by Gasteiger charge is -2.46. The third-order valence-electron chi connectivity index (χ3n) is 4.13. The van der Waals surface area contributed by atoms with Gasteiger partial charge in [0.15, 0.2) is 0 Å². The second kappa shape index (κ2) is 7.12. The van der Waals surface area contributed by atoms with E-state index in [2.05, 4.69) is 15.9 Å². The SMILES string of the molecule is CCOC(c1ccc(Cl)c(Br)c1)C1(C(=O)OC(C)(C)C)CCC1. The van der Waals surface area contributed by atoms with Crippen LogP contribution in [0.2, 0.25) is 5.02 Å². The van der Waals surface area contributed by atoms with Crippen LogP contribution in [0.5, 0.6) is 0 Å². The molecule has 2 rings (SSSR count). The standard InChI is InChI=1S/C18H24BrClO3/c1-5-22-15(12-7-8-14(20)13(19)11-12)18(9-6-10-18)16(21)23-17(2,3)4/h7-8,11,15H,5-6,9-10H2,1-4H3. The number of carbonyl (C=O) groups excluding carboxylic acids is 1. The molecule has 0 saturated heterocycles. The Labute approximate surface area is 151 Å². The molecule has 0 spiro atoms. The maximum absolute atomic E-state index is 12.9. The zero-order valence-electron chi connectivity index (χ0n) is 14.1. The minimum absolute atomic E-state index is 0.166. The van der Waals surface area contributed by atoms with E-state index in [0.29, 0.717) is 11.6 Å². The Morgan fingerprint density at radius 3 is 2.48 bits per heavy atom. The fourth-order valence-electron chi connectivity index (χ4n) is 2.93. The van der Waals surface area contributed by atoms with Gasteiger partial charge in [-0.1, -0.05) is 24.1 Å². The highest BCUT2D eigenvalue weighted by Gasteiger charge is 2.53. The van der Waals surface area contributed by atoms with Crippen LogP contribution in [0.4, 0.5) is 0 Å². The van der Waals surface area contributed by atoms with Crippen LogP contribution in [0.1, 0.15) is 58.6 Å². The van der Waals surface area contributed by atoms with E-state index >= 15 is 0 Å². The topological polar surface area (TPSA) is 35.5 Å². The van der Waals surface area contributed by atoms with Crippen LogP contribution in [0, 0.1) is 5.41 Å². The van der Waals surface area contributed by atoms with Crippen LogP contribution >= 0.6 is 27.5 Å². The molecule has 3 nitrogen and oxygen atoms in total. The second-order valence-corrected chi connectivity index (χ2v) is 8.28. The van der Waals surface area contributed by atoms with Crippen LogP contribution < -0.4 is 0 Å². The van der Waals surface area contributed by atoms with Crippen LogP contribution in [0.3, 0.4) is 0 Å². The van der Waals surface area contributed by atoms with Gasteiger partial charge in [0.25, 0.3) is 0 Å². The molecular formula is C18H24BrClO3. The molecule has 5 heteroatoms. The summed E-state index contributed by atoms with van der Waals surface area (Å²) in [6, 6.07) is 5.69. The van der Waals surface area contributed by atoms with Crippen molar-refractivity contribution in [1.82, 2.24) is 0 Å². The minimum atomic E-state index is -0.601. The average molecular weight is 404 g/mol. The molecule has 0 aromatic heterocycles. The van der Waals surface area contributed by atoms with E-state index in [1.54, 1.807) is 0 Å². The monoisotopic (exact) mass is 402 g/mol. The number of carbonyl (C=O) groups is 1. The molecule has 1 aromatic rings. The molecule has 1 atom stereocenters. The van der Waals surface area contributed by atoms with Crippen molar-refractivity contribution < 1.29 is 14.3 Å². The molecule has 0 bridgehead atoms. The summed E-state index contributed by atoms with van der Waals surface area (Å²) in [5.41, 5.74) is -0.151. The van der Waals surface area contributed by atoms with Crippen LogP contribution in [0.25, 0.3) is 0 Å². The number of hydrogen-bond donors (Lipinski definition) is 0.